The van der Waals surface area contributed by atoms with E-state index in [1.54, 1.807) is 7.11 Å². The van der Waals surface area contributed by atoms with Crippen molar-refractivity contribution in [1.82, 2.24) is 9.80 Å². The summed E-state index contributed by atoms with van der Waals surface area (Å²) in [6.45, 7) is 3.31. The molecule has 1 aliphatic rings. The molecule has 0 bridgehead atoms. The molecule has 2 aromatic carbocycles. The summed E-state index contributed by atoms with van der Waals surface area (Å²) in [6.07, 6.45) is 0.612. The van der Waals surface area contributed by atoms with Crippen LogP contribution in [0.1, 0.15) is 17.5 Å². The molecule has 1 heterocycles. The molecule has 3 rings (SSSR count). The maximum atomic E-state index is 12.9. The Morgan fingerprint density at radius 1 is 0.935 bits per heavy atom. The van der Waals surface area contributed by atoms with E-state index in [1.165, 1.54) is 0 Å². The molecule has 1 amide bonds. The molecule has 31 heavy (non-hydrogen) atoms. The molecule has 0 saturated carbocycles. The Labute approximate surface area is 190 Å². The highest BCUT2D eigenvalue weighted by atomic mass is 35.5. The van der Waals surface area contributed by atoms with Crippen LogP contribution in [0.2, 0.25) is 0 Å². The minimum absolute atomic E-state index is 0. The highest BCUT2D eigenvalue weighted by molar-refractivity contribution is 5.85. The smallest absolute Gasteiger partial charge is 0.310 e. The summed E-state index contributed by atoms with van der Waals surface area (Å²) in [5.41, 5.74) is 1.91. The highest BCUT2D eigenvalue weighted by Gasteiger charge is 2.28. The van der Waals surface area contributed by atoms with Gasteiger partial charge in [0, 0.05) is 32.6 Å². The zero-order valence-electron chi connectivity index (χ0n) is 18.2. The lowest BCUT2D eigenvalue weighted by molar-refractivity contribution is -0.153. The molecule has 0 unspecified atom stereocenters. The third-order valence-corrected chi connectivity index (χ3v) is 5.48. The monoisotopic (exact) mass is 446 g/mol. The van der Waals surface area contributed by atoms with Crippen molar-refractivity contribution < 1.29 is 19.1 Å². The van der Waals surface area contributed by atoms with Gasteiger partial charge in [-0.15, -0.1) is 12.4 Å². The van der Waals surface area contributed by atoms with Gasteiger partial charge in [-0.25, -0.2) is 0 Å². The van der Waals surface area contributed by atoms with Crippen LogP contribution in [0.4, 0.5) is 0 Å². The first-order valence-corrected chi connectivity index (χ1v) is 10.3. The maximum Gasteiger partial charge on any atom is 0.310 e. The van der Waals surface area contributed by atoms with Gasteiger partial charge in [0.2, 0.25) is 5.91 Å². The third-order valence-electron chi connectivity index (χ3n) is 5.48. The zero-order valence-corrected chi connectivity index (χ0v) is 19.0. The van der Waals surface area contributed by atoms with Gasteiger partial charge in [0.05, 0.1) is 13.0 Å². The second-order valence-corrected chi connectivity index (χ2v) is 7.73. The number of esters is 1. The number of carbonyl (C=O) groups excluding carboxylic acids is 2. The van der Waals surface area contributed by atoms with Crippen LogP contribution in [0.15, 0.2) is 54.6 Å². The van der Waals surface area contributed by atoms with Crippen molar-refractivity contribution in [2.45, 2.75) is 19.4 Å². The molecular formula is C24H31ClN2O4. The molecule has 168 valence electrons. The summed E-state index contributed by atoms with van der Waals surface area (Å²) in [5, 5.41) is 0. The van der Waals surface area contributed by atoms with E-state index < -0.39 is 5.92 Å². The molecule has 1 saturated heterocycles. The van der Waals surface area contributed by atoms with Crippen molar-refractivity contribution in [2.75, 3.05) is 40.3 Å². The summed E-state index contributed by atoms with van der Waals surface area (Å²) in [5.74, 6) is -0.0832. The van der Waals surface area contributed by atoms with E-state index in [9.17, 15) is 9.59 Å². The van der Waals surface area contributed by atoms with Gasteiger partial charge >= 0.3 is 5.97 Å². The van der Waals surface area contributed by atoms with Crippen molar-refractivity contribution in [2.24, 2.45) is 5.92 Å². The molecule has 0 aromatic heterocycles. The molecule has 0 aliphatic carbocycles. The quantitative estimate of drug-likeness (QED) is 0.583. The normalized spacial score (nSPS) is 15.0. The Kier molecular flexibility index (Phi) is 9.82. The Morgan fingerprint density at radius 3 is 2.19 bits per heavy atom. The first-order chi connectivity index (χ1) is 14.5. The van der Waals surface area contributed by atoms with Crippen LogP contribution < -0.4 is 4.74 Å². The molecule has 2 aromatic rings. The summed E-state index contributed by atoms with van der Waals surface area (Å²) in [6, 6.07) is 17.2. The number of benzene rings is 2. The van der Waals surface area contributed by atoms with E-state index in [1.807, 2.05) is 59.5 Å². The van der Waals surface area contributed by atoms with Crippen molar-refractivity contribution in [3.05, 3.63) is 65.7 Å². The van der Waals surface area contributed by atoms with Crippen LogP contribution >= 0.6 is 12.4 Å². The van der Waals surface area contributed by atoms with E-state index in [0.29, 0.717) is 19.5 Å². The predicted molar refractivity (Wildman–Crippen MR) is 122 cm³/mol. The number of amides is 1. The predicted octanol–water partition coefficient (Wildman–Crippen LogP) is 3.18. The van der Waals surface area contributed by atoms with E-state index in [2.05, 4.69) is 11.9 Å². The number of likely N-dealkylation sites (N-methyl/N-ethyl adjacent to an activating group) is 1. The Hall–Kier alpha value is -2.57. The number of methoxy groups -OCH3 is 1. The van der Waals surface area contributed by atoms with Gasteiger partial charge < -0.3 is 19.3 Å². The molecule has 0 spiro atoms. The van der Waals surface area contributed by atoms with Crippen LogP contribution in [0.5, 0.6) is 5.75 Å². The summed E-state index contributed by atoms with van der Waals surface area (Å²) in [7, 11) is 3.67. The Balaban J connectivity index is 0.00000341. The lowest BCUT2D eigenvalue weighted by Gasteiger charge is -2.33. The second kappa shape index (κ2) is 12.3. The number of carbonyl (C=O) groups is 2. The number of piperazine rings is 1. The SMILES string of the molecule is COc1ccc(C[C@H](CC(=O)N2CCN(C)CC2)C(=O)OCc2ccccc2)cc1.Cl. The zero-order chi connectivity index (χ0) is 21.3. The minimum atomic E-state index is -0.519. The number of nitrogens with zero attached hydrogens (tertiary/aromatic N) is 2. The third kappa shape index (κ3) is 7.56. The molecule has 7 heteroatoms. The number of rotatable bonds is 8. The highest BCUT2D eigenvalue weighted by Crippen LogP contribution is 2.20. The van der Waals surface area contributed by atoms with Gasteiger partial charge in [-0.2, -0.15) is 0 Å². The van der Waals surface area contributed by atoms with Gasteiger partial charge in [-0.05, 0) is 36.7 Å². The first-order valence-electron chi connectivity index (χ1n) is 10.3. The average Bonchev–Trinajstić information content (AvgIpc) is 2.78. The number of hydrogen-bond acceptors (Lipinski definition) is 5. The number of ether oxygens (including phenoxy) is 2. The van der Waals surface area contributed by atoms with Crippen LogP contribution in [-0.2, 0) is 27.4 Å². The van der Waals surface area contributed by atoms with Gasteiger partial charge in [-0.3, -0.25) is 9.59 Å². The molecule has 1 fully saturated rings. The second-order valence-electron chi connectivity index (χ2n) is 7.73. The molecule has 0 N–H and O–H groups in total. The average molecular weight is 447 g/mol. The van der Waals surface area contributed by atoms with Crippen LogP contribution in [0, 0.1) is 5.92 Å². The van der Waals surface area contributed by atoms with E-state index >= 15 is 0 Å². The molecule has 1 aliphatic heterocycles. The maximum absolute atomic E-state index is 12.9. The standard InChI is InChI=1S/C24H30N2O4.ClH/c1-25-12-14-26(15-13-25)23(27)17-21(16-19-8-10-22(29-2)11-9-19)24(28)30-18-20-6-4-3-5-7-20;/h3-11,21H,12-18H2,1-2H3;1H/t21-;/m1./s1. The molecule has 0 radical (unpaired) electrons. The number of halogens is 1. The fraction of sp³-hybridized carbons (Fsp3) is 0.417. The fourth-order valence-electron chi connectivity index (χ4n) is 3.53. The van der Waals surface area contributed by atoms with Gasteiger partial charge in [0.1, 0.15) is 12.4 Å². The Bertz CT molecular complexity index is 821. The molecular weight excluding hydrogens is 416 g/mol. The lowest BCUT2D eigenvalue weighted by Crippen LogP contribution is -2.47. The fourth-order valence-corrected chi connectivity index (χ4v) is 3.53. The van der Waals surface area contributed by atoms with Gasteiger partial charge in [0.25, 0.3) is 0 Å². The van der Waals surface area contributed by atoms with Crippen molar-refractivity contribution in [1.29, 1.82) is 0 Å². The first kappa shape index (κ1) is 24.7. The Morgan fingerprint density at radius 2 is 1.58 bits per heavy atom. The van der Waals surface area contributed by atoms with E-state index in [0.717, 1.165) is 30.0 Å². The minimum Gasteiger partial charge on any atom is -0.497 e. The van der Waals surface area contributed by atoms with Gasteiger partial charge in [-0.1, -0.05) is 42.5 Å². The van der Waals surface area contributed by atoms with E-state index in [-0.39, 0.29) is 37.3 Å². The van der Waals surface area contributed by atoms with Crippen LogP contribution in [-0.4, -0.2) is 62.0 Å². The van der Waals surface area contributed by atoms with Crippen LogP contribution in [0.3, 0.4) is 0 Å². The van der Waals surface area contributed by atoms with Crippen molar-refractivity contribution >= 4 is 24.3 Å². The largest absolute Gasteiger partial charge is 0.497 e. The van der Waals surface area contributed by atoms with Gasteiger partial charge in [0.15, 0.2) is 0 Å². The summed E-state index contributed by atoms with van der Waals surface area (Å²) < 4.78 is 10.8. The molecule has 1 atom stereocenters. The summed E-state index contributed by atoms with van der Waals surface area (Å²) in [4.78, 5) is 29.8. The van der Waals surface area contributed by atoms with Crippen molar-refractivity contribution in [3.63, 3.8) is 0 Å². The van der Waals surface area contributed by atoms with Crippen LogP contribution in [0.25, 0.3) is 0 Å². The number of hydrogen-bond donors (Lipinski definition) is 0. The molecule has 6 nitrogen and oxygen atoms in total. The van der Waals surface area contributed by atoms with Crippen molar-refractivity contribution in [3.8, 4) is 5.75 Å². The topological polar surface area (TPSA) is 59.1 Å². The lowest BCUT2D eigenvalue weighted by atomic mass is 9.95. The summed E-state index contributed by atoms with van der Waals surface area (Å²) >= 11 is 0. The van der Waals surface area contributed by atoms with E-state index in [4.69, 9.17) is 9.47 Å².